The number of hydrogen-bond donors (Lipinski definition) is 1. The fourth-order valence-corrected chi connectivity index (χ4v) is 2.38. The van der Waals surface area contributed by atoms with Crippen molar-refractivity contribution in [3.05, 3.63) is 24.3 Å². The van der Waals surface area contributed by atoms with Crippen molar-refractivity contribution in [3.63, 3.8) is 0 Å². The lowest BCUT2D eigenvalue weighted by Crippen LogP contribution is -2.35. The third kappa shape index (κ3) is 5.16. The standard InChI is InChI=1S/C14H22INO3/c1-3-14(4-2,19-15)11-18-13-7-5-6-12(10-13)17-9-8-16/h5-7,10H,3-4,8-9,11,16H2,1-2H3. The molecule has 0 spiro atoms. The van der Waals surface area contributed by atoms with Gasteiger partial charge >= 0.3 is 0 Å². The quantitative estimate of drug-likeness (QED) is 0.669. The zero-order valence-electron chi connectivity index (χ0n) is 11.5. The predicted octanol–water partition coefficient (Wildman–Crippen LogP) is 3.33. The van der Waals surface area contributed by atoms with E-state index in [2.05, 4.69) is 13.8 Å². The largest absolute Gasteiger partial charge is 0.492 e. The van der Waals surface area contributed by atoms with E-state index in [1.54, 1.807) is 0 Å². The smallest absolute Gasteiger partial charge is 0.123 e. The number of hydrogen-bond acceptors (Lipinski definition) is 4. The number of halogens is 1. The van der Waals surface area contributed by atoms with Crippen molar-refractivity contribution in [1.82, 2.24) is 0 Å². The van der Waals surface area contributed by atoms with E-state index in [9.17, 15) is 0 Å². The molecular formula is C14H22INO3. The maximum Gasteiger partial charge on any atom is 0.123 e. The molecule has 0 heterocycles. The molecule has 0 unspecified atom stereocenters. The molecule has 0 aliphatic carbocycles. The normalized spacial score (nSPS) is 11.4. The molecule has 0 atom stereocenters. The summed E-state index contributed by atoms with van der Waals surface area (Å²) in [5.74, 6) is 1.56. The van der Waals surface area contributed by atoms with Crippen molar-refractivity contribution in [2.75, 3.05) is 19.8 Å². The van der Waals surface area contributed by atoms with Crippen molar-refractivity contribution in [1.29, 1.82) is 0 Å². The molecule has 0 aromatic heterocycles. The van der Waals surface area contributed by atoms with Crippen LogP contribution in [0.4, 0.5) is 0 Å². The van der Waals surface area contributed by atoms with Gasteiger partial charge in [-0.2, -0.15) is 0 Å². The maximum atomic E-state index is 5.82. The summed E-state index contributed by atoms with van der Waals surface area (Å²) in [7, 11) is 0. The molecule has 1 aromatic rings. The topological polar surface area (TPSA) is 53.7 Å². The maximum absolute atomic E-state index is 5.82. The molecule has 0 aliphatic rings. The van der Waals surface area contributed by atoms with E-state index in [1.165, 1.54) is 0 Å². The minimum atomic E-state index is -0.227. The molecule has 19 heavy (non-hydrogen) atoms. The third-order valence-electron chi connectivity index (χ3n) is 3.15. The van der Waals surface area contributed by atoms with Crippen molar-refractivity contribution >= 4 is 23.0 Å². The summed E-state index contributed by atoms with van der Waals surface area (Å²) in [4.78, 5) is 0. The van der Waals surface area contributed by atoms with Crippen LogP contribution in [0.5, 0.6) is 11.5 Å². The summed E-state index contributed by atoms with van der Waals surface area (Å²) in [5, 5.41) is 0. The van der Waals surface area contributed by atoms with Gasteiger partial charge in [-0.05, 0) is 25.0 Å². The Morgan fingerprint density at radius 3 is 2.32 bits per heavy atom. The summed E-state index contributed by atoms with van der Waals surface area (Å²) >= 11 is 1.95. The van der Waals surface area contributed by atoms with Gasteiger partial charge in [-0.15, -0.1) is 0 Å². The molecule has 0 radical (unpaired) electrons. The first kappa shape index (κ1) is 16.5. The Morgan fingerprint density at radius 1 is 1.16 bits per heavy atom. The van der Waals surface area contributed by atoms with Crippen molar-refractivity contribution in [3.8, 4) is 11.5 Å². The number of benzene rings is 1. The molecule has 1 rings (SSSR count). The van der Waals surface area contributed by atoms with E-state index in [-0.39, 0.29) is 5.60 Å². The average Bonchev–Trinajstić information content (AvgIpc) is 2.47. The van der Waals surface area contributed by atoms with Crippen molar-refractivity contribution in [2.45, 2.75) is 32.3 Å². The minimum absolute atomic E-state index is 0.227. The molecular weight excluding hydrogens is 357 g/mol. The Bertz CT molecular complexity index is 361. The SMILES string of the molecule is CCC(CC)(COc1cccc(OCCN)c1)OI. The van der Waals surface area contributed by atoms with E-state index in [4.69, 9.17) is 18.3 Å². The third-order valence-corrected chi connectivity index (χ3v) is 4.08. The van der Waals surface area contributed by atoms with E-state index in [0.29, 0.717) is 19.8 Å². The molecule has 0 amide bonds. The zero-order valence-corrected chi connectivity index (χ0v) is 13.7. The molecule has 0 saturated carbocycles. The number of ether oxygens (including phenoxy) is 2. The van der Waals surface area contributed by atoms with Gasteiger partial charge in [0.15, 0.2) is 0 Å². The van der Waals surface area contributed by atoms with Crippen LogP contribution in [0.15, 0.2) is 24.3 Å². The molecule has 0 saturated heterocycles. The summed E-state index contributed by atoms with van der Waals surface area (Å²) < 4.78 is 16.8. The fraction of sp³-hybridized carbons (Fsp3) is 0.571. The van der Waals surface area contributed by atoms with Gasteiger partial charge in [0.1, 0.15) is 53.3 Å². The highest BCUT2D eigenvalue weighted by Gasteiger charge is 2.27. The van der Waals surface area contributed by atoms with Crippen LogP contribution in [0, 0.1) is 0 Å². The molecule has 0 fully saturated rings. The second kappa shape index (κ2) is 8.60. The summed E-state index contributed by atoms with van der Waals surface area (Å²) in [5.41, 5.74) is 5.18. The lowest BCUT2D eigenvalue weighted by molar-refractivity contribution is 0.0512. The van der Waals surface area contributed by atoms with Gasteiger partial charge in [0.2, 0.25) is 0 Å². The molecule has 0 bridgehead atoms. The highest BCUT2D eigenvalue weighted by atomic mass is 127. The fourth-order valence-electron chi connectivity index (χ4n) is 1.63. The lowest BCUT2D eigenvalue weighted by Gasteiger charge is -2.28. The minimum Gasteiger partial charge on any atom is -0.492 e. The summed E-state index contributed by atoms with van der Waals surface area (Å²) in [6.07, 6.45) is 1.83. The monoisotopic (exact) mass is 379 g/mol. The van der Waals surface area contributed by atoms with Gasteiger partial charge in [0.25, 0.3) is 0 Å². The van der Waals surface area contributed by atoms with Gasteiger partial charge in [-0.25, -0.2) is 0 Å². The Morgan fingerprint density at radius 2 is 1.79 bits per heavy atom. The predicted molar refractivity (Wildman–Crippen MR) is 84.9 cm³/mol. The first-order chi connectivity index (χ1) is 9.19. The van der Waals surface area contributed by atoms with E-state index < -0.39 is 0 Å². The molecule has 108 valence electrons. The van der Waals surface area contributed by atoms with Gasteiger partial charge in [-0.3, -0.25) is 0 Å². The Hall–Kier alpha value is -0.530. The Labute approximate surface area is 129 Å². The molecule has 0 aliphatic heterocycles. The van der Waals surface area contributed by atoms with Gasteiger partial charge < -0.3 is 18.3 Å². The van der Waals surface area contributed by atoms with Gasteiger partial charge in [0, 0.05) is 12.6 Å². The lowest BCUT2D eigenvalue weighted by atomic mass is 9.99. The number of nitrogens with two attached hydrogens (primary N) is 1. The van der Waals surface area contributed by atoms with Crippen LogP contribution in [0.25, 0.3) is 0 Å². The van der Waals surface area contributed by atoms with Crippen LogP contribution in [-0.2, 0) is 3.07 Å². The van der Waals surface area contributed by atoms with E-state index in [0.717, 1.165) is 24.3 Å². The summed E-state index contributed by atoms with van der Waals surface area (Å²) in [6.45, 7) is 5.75. The Balaban J connectivity index is 2.61. The van der Waals surface area contributed by atoms with Crippen LogP contribution >= 0.6 is 23.0 Å². The summed E-state index contributed by atoms with van der Waals surface area (Å²) in [6, 6.07) is 7.59. The number of rotatable bonds is 9. The van der Waals surface area contributed by atoms with Crippen LogP contribution in [0.3, 0.4) is 0 Å². The average molecular weight is 379 g/mol. The zero-order chi connectivity index (χ0) is 14.1. The van der Waals surface area contributed by atoms with Crippen LogP contribution in [-0.4, -0.2) is 25.4 Å². The van der Waals surface area contributed by atoms with Crippen molar-refractivity contribution < 1.29 is 12.5 Å². The highest BCUT2D eigenvalue weighted by Crippen LogP contribution is 2.26. The van der Waals surface area contributed by atoms with Crippen LogP contribution in [0.2, 0.25) is 0 Å². The molecule has 5 heteroatoms. The van der Waals surface area contributed by atoms with Gasteiger partial charge in [0.05, 0.1) is 0 Å². The molecule has 2 N–H and O–H groups in total. The van der Waals surface area contributed by atoms with Crippen LogP contribution < -0.4 is 15.2 Å². The van der Waals surface area contributed by atoms with E-state index in [1.807, 2.05) is 47.3 Å². The molecule has 1 aromatic carbocycles. The molecule has 4 nitrogen and oxygen atoms in total. The second-order valence-corrected chi connectivity index (χ2v) is 4.81. The van der Waals surface area contributed by atoms with Gasteiger partial charge in [-0.1, -0.05) is 19.9 Å². The first-order valence-corrected chi connectivity index (χ1v) is 7.43. The first-order valence-electron chi connectivity index (χ1n) is 6.55. The van der Waals surface area contributed by atoms with E-state index >= 15 is 0 Å². The second-order valence-electron chi connectivity index (χ2n) is 4.37. The van der Waals surface area contributed by atoms with Crippen LogP contribution in [0.1, 0.15) is 26.7 Å². The Kier molecular flexibility index (Phi) is 7.48. The highest BCUT2D eigenvalue weighted by molar-refractivity contribution is 14.1. The van der Waals surface area contributed by atoms with Crippen molar-refractivity contribution in [2.24, 2.45) is 5.73 Å².